The fourth-order valence-electron chi connectivity index (χ4n) is 2.12. The normalized spacial score (nSPS) is 21.9. The van der Waals surface area contributed by atoms with Gasteiger partial charge in [0.1, 0.15) is 0 Å². The molecule has 0 radical (unpaired) electrons. The van der Waals surface area contributed by atoms with Crippen LogP contribution in [-0.4, -0.2) is 42.9 Å². The summed E-state index contributed by atoms with van der Waals surface area (Å²) in [6.07, 6.45) is 0.575. The maximum atomic E-state index is 10.1. The molecule has 0 bridgehead atoms. The lowest BCUT2D eigenvalue weighted by molar-refractivity contribution is 0.0950. The minimum Gasteiger partial charge on any atom is -0.399 e. The number of ether oxygens (including phenoxy) is 1. The molecule has 17 heavy (non-hydrogen) atoms. The molecule has 2 rings (SSSR count). The molecule has 1 saturated heterocycles. The molecule has 0 amide bonds. The number of nitrogens with zero attached hydrogens (tertiary/aromatic N) is 1. The van der Waals surface area contributed by atoms with E-state index in [-0.39, 0.29) is 0 Å². The average Bonchev–Trinajstić information content (AvgIpc) is 2.83. The molecule has 1 fully saturated rings. The first-order valence-corrected chi connectivity index (χ1v) is 5.98. The van der Waals surface area contributed by atoms with Gasteiger partial charge in [-0.25, -0.2) is 0 Å². The lowest BCUT2D eigenvalue weighted by Gasteiger charge is -2.25. The summed E-state index contributed by atoms with van der Waals surface area (Å²) >= 11 is 0. The smallest absolute Gasteiger partial charge is 0.0916 e. The number of likely N-dealkylation sites (N-methyl/N-ethyl adjacent to an activating group) is 1. The standard InChI is InChI=1S/C13H20N2O2/c1-15(12-6-7-17-9-12)8-13(16)10-2-4-11(14)5-3-10/h2-5,12-13,16H,6-9,14H2,1H3. The highest BCUT2D eigenvalue weighted by Crippen LogP contribution is 2.18. The zero-order chi connectivity index (χ0) is 12.3. The van der Waals surface area contributed by atoms with Crippen molar-refractivity contribution in [1.29, 1.82) is 0 Å². The molecule has 0 aliphatic carbocycles. The van der Waals surface area contributed by atoms with Crippen molar-refractivity contribution in [3.63, 3.8) is 0 Å². The number of nitrogens with two attached hydrogens (primary N) is 1. The van der Waals surface area contributed by atoms with Crippen molar-refractivity contribution in [3.8, 4) is 0 Å². The second kappa shape index (κ2) is 5.49. The Balaban J connectivity index is 1.91. The van der Waals surface area contributed by atoms with Gasteiger partial charge < -0.3 is 15.6 Å². The lowest BCUT2D eigenvalue weighted by atomic mass is 10.1. The summed E-state index contributed by atoms with van der Waals surface area (Å²) < 4.78 is 5.34. The maximum Gasteiger partial charge on any atom is 0.0916 e. The largest absolute Gasteiger partial charge is 0.399 e. The molecule has 94 valence electrons. The van der Waals surface area contributed by atoms with Gasteiger partial charge in [-0.15, -0.1) is 0 Å². The number of rotatable bonds is 4. The van der Waals surface area contributed by atoms with Crippen LogP contribution in [0.3, 0.4) is 0 Å². The van der Waals surface area contributed by atoms with Crippen molar-refractivity contribution in [1.82, 2.24) is 4.90 Å². The number of nitrogen functional groups attached to an aromatic ring is 1. The van der Waals surface area contributed by atoms with E-state index in [0.717, 1.165) is 30.9 Å². The summed E-state index contributed by atoms with van der Waals surface area (Å²) in [7, 11) is 2.03. The van der Waals surface area contributed by atoms with Gasteiger partial charge >= 0.3 is 0 Å². The van der Waals surface area contributed by atoms with Gasteiger partial charge in [-0.1, -0.05) is 12.1 Å². The van der Waals surface area contributed by atoms with Crippen molar-refractivity contribution < 1.29 is 9.84 Å². The third-order valence-electron chi connectivity index (χ3n) is 3.31. The van der Waals surface area contributed by atoms with E-state index in [2.05, 4.69) is 4.90 Å². The fourth-order valence-corrected chi connectivity index (χ4v) is 2.12. The Hall–Kier alpha value is -1.10. The first-order valence-electron chi connectivity index (χ1n) is 5.98. The van der Waals surface area contributed by atoms with Crippen LogP contribution in [0.5, 0.6) is 0 Å². The zero-order valence-electron chi connectivity index (χ0n) is 10.2. The van der Waals surface area contributed by atoms with Crippen LogP contribution in [0.25, 0.3) is 0 Å². The van der Waals surface area contributed by atoms with Gasteiger partial charge in [0.05, 0.1) is 12.7 Å². The van der Waals surface area contributed by atoms with Crippen molar-refractivity contribution in [3.05, 3.63) is 29.8 Å². The van der Waals surface area contributed by atoms with E-state index in [4.69, 9.17) is 10.5 Å². The molecule has 2 unspecified atom stereocenters. The van der Waals surface area contributed by atoms with Crippen LogP contribution in [0.15, 0.2) is 24.3 Å². The van der Waals surface area contributed by atoms with Gasteiger partial charge in [-0.2, -0.15) is 0 Å². The number of aliphatic hydroxyl groups excluding tert-OH is 1. The molecular weight excluding hydrogens is 216 g/mol. The van der Waals surface area contributed by atoms with Gasteiger partial charge in [-0.05, 0) is 31.2 Å². The van der Waals surface area contributed by atoms with Gasteiger partial charge in [0.2, 0.25) is 0 Å². The van der Waals surface area contributed by atoms with E-state index in [0.29, 0.717) is 12.6 Å². The quantitative estimate of drug-likeness (QED) is 0.766. The van der Waals surface area contributed by atoms with Crippen LogP contribution in [-0.2, 0) is 4.74 Å². The molecule has 1 aromatic carbocycles. The number of aliphatic hydroxyl groups is 1. The molecule has 1 aliphatic rings. The second-order valence-electron chi connectivity index (χ2n) is 4.64. The van der Waals surface area contributed by atoms with E-state index in [1.54, 1.807) is 0 Å². The Bertz CT molecular complexity index is 347. The minimum absolute atomic E-state index is 0.429. The molecule has 3 N–H and O–H groups in total. The molecule has 0 spiro atoms. The summed E-state index contributed by atoms with van der Waals surface area (Å²) in [5.74, 6) is 0. The van der Waals surface area contributed by atoms with Gasteiger partial charge in [0.15, 0.2) is 0 Å². The minimum atomic E-state index is -0.471. The van der Waals surface area contributed by atoms with Crippen molar-refractivity contribution >= 4 is 5.69 Å². The molecule has 1 aromatic rings. The van der Waals surface area contributed by atoms with Crippen LogP contribution in [0.4, 0.5) is 5.69 Å². The van der Waals surface area contributed by atoms with Gasteiger partial charge in [0, 0.05) is 24.9 Å². The van der Waals surface area contributed by atoms with Crippen molar-refractivity contribution in [2.45, 2.75) is 18.6 Å². The van der Waals surface area contributed by atoms with Crippen molar-refractivity contribution in [2.24, 2.45) is 0 Å². The molecular formula is C13H20N2O2. The highest BCUT2D eigenvalue weighted by atomic mass is 16.5. The number of hydrogen-bond donors (Lipinski definition) is 2. The Morgan fingerprint density at radius 3 is 2.76 bits per heavy atom. The molecule has 0 saturated carbocycles. The third-order valence-corrected chi connectivity index (χ3v) is 3.31. The Morgan fingerprint density at radius 1 is 1.47 bits per heavy atom. The summed E-state index contributed by atoms with van der Waals surface area (Å²) in [5, 5.41) is 10.1. The molecule has 4 nitrogen and oxygen atoms in total. The summed E-state index contributed by atoms with van der Waals surface area (Å²) in [6, 6.07) is 7.81. The SMILES string of the molecule is CN(CC(O)c1ccc(N)cc1)C1CCOC1. The van der Waals surface area contributed by atoms with Crippen LogP contribution in [0.1, 0.15) is 18.1 Å². The maximum absolute atomic E-state index is 10.1. The van der Waals surface area contributed by atoms with E-state index >= 15 is 0 Å². The van der Waals surface area contributed by atoms with E-state index in [9.17, 15) is 5.11 Å². The number of anilines is 1. The number of benzene rings is 1. The predicted octanol–water partition coefficient (Wildman–Crippen LogP) is 1.02. The van der Waals surface area contributed by atoms with Gasteiger partial charge in [0.25, 0.3) is 0 Å². The topological polar surface area (TPSA) is 58.7 Å². The average molecular weight is 236 g/mol. The van der Waals surface area contributed by atoms with Crippen LogP contribution in [0.2, 0.25) is 0 Å². The number of hydrogen-bond acceptors (Lipinski definition) is 4. The molecule has 0 aromatic heterocycles. The van der Waals surface area contributed by atoms with Crippen LogP contribution < -0.4 is 5.73 Å². The van der Waals surface area contributed by atoms with Crippen molar-refractivity contribution in [2.75, 3.05) is 32.5 Å². The highest BCUT2D eigenvalue weighted by Gasteiger charge is 2.22. The first-order chi connectivity index (χ1) is 8.16. The summed E-state index contributed by atoms with van der Waals surface area (Å²) in [5.41, 5.74) is 7.25. The Kier molecular flexibility index (Phi) is 3.99. The predicted molar refractivity (Wildman–Crippen MR) is 67.7 cm³/mol. The summed E-state index contributed by atoms with van der Waals surface area (Å²) in [6.45, 7) is 2.22. The van der Waals surface area contributed by atoms with Gasteiger partial charge in [-0.3, -0.25) is 4.90 Å². The molecule has 2 atom stereocenters. The Labute approximate surface area is 102 Å². The Morgan fingerprint density at radius 2 is 2.18 bits per heavy atom. The first kappa shape index (κ1) is 12.4. The monoisotopic (exact) mass is 236 g/mol. The van der Waals surface area contributed by atoms with E-state index < -0.39 is 6.10 Å². The van der Waals surface area contributed by atoms with E-state index in [1.165, 1.54) is 0 Å². The van der Waals surface area contributed by atoms with Crippen LogP contribution >= 0.6 is 0 Å². The van der Waals surface area contributed by atoms with Crippen LogP contribution in [0, 0.1) is 0 Å². The fraction of sp³-hybridized carbons (Fsp3) is 0.538. The highest BCUT2D eigenvalue weighted by molar-refractivity contribution is 5.39. The molecule has 1 heterocycles. The molecule has 1 aliphatic heterocycles. The van der Waals surface area contributed by atoms with E-state index in [1.807, 2.05) is 31.3 Å². The lowest BCUT2D eigenvalue weighted by Crippen LogP contribution is -2.35. The summed E-state index contributed by atoms with van der Waals surface area (Å²) in [4.78, 5) is 2.16. The molecule has 4 heteroatoms. The zero-order valence-corrected chi connectivity index (χ0v) is 10.2. The third kappa shape index (κ3) is 3.19. The second-order valence-corrected chi connectivity index (χ2v) is 4.64.